The van der Waals surface area contributed by atoms with Crippen LogP contribution in [0.4, 0.5) is 0 Å². The highest BCUT2D eigenvalue weighted by atomic mass is 14.2. The Balaban J connectivity index is 1.77. The fourth-order valence-corrected chi connectivity index (χ4v) is 7.99. The highest BCUT2D eigenvalue weighted by molar-refractivity contribution is 6.51. The highest BCUT2D eigenvalue weighted by Crippen LogP contribution is 2.52. The molecule has 0 amide bonds. The van der Waals surface area contributed by atoms with E-state index in [1.165, 1.54) is 97.0 Å². The zero-order chi connectivity index (χ0) is 27.4. The van der Waals surface area contributed by atoms with Gasteiger partial charge in [-0.2, -0.15) is 0 Å². The molecule has 10 aromatic rings. The van der Waals surface area contributed by atoms with Gasteiger partial charge in [-0.3, -0.25) is 0 Å². The molecule has 0 atom stereocenters. The van der Waals surface area contributed by atoms with E-state index in [-0.39, 0.29) is 0 Å². The molecular formula is C42H24. The molecule has 0 aliphatic carbocycles. The predicted molar refractivity (Wildman–Crippen MR) is 184 cm³/mol. The Bertz CT molecular complexity index is 2780. The topological polar surface area (TPSA) is 0 Å². The van der Waals surface area contributed by atoms with Crippen molar-refractivity contribution in [3.05, 3.63) is 146 Å². The van der Waals surface area contributed by atoms with Crippen molar-refractivity contribution in [1.29, 1.82) is 0 Å². The van der Waals surface area contributed by atoms with Crippen LogP contribution in [0, 0.1) is 0 Å². The smallest absolute Gasteiger partial charge is 0.000718 e. The maximum atomic E-state index is 2.34. The van der Waals surface area contributed by atoms with Gasteiger partial charge in [-0.1, -0.05) is 146 Å². The average Bonchev–Trinajstić information content (AvgIpc) is 3.67. The first-order valence-electron chi connectivity index (χ1n) is 14.7. The molecular weight excluding hydrogens is 504 g/mol. The predicted octanol–water partition coefficient (Wildman–Crippen LogP) is 12.1. The summed E-state index contributed by atoms with van der Waals surface area (Å²) in [4.78, 5) is 0. The zero-order valence-corrected chi connectivity index (χ0v) is 22.9. The lowest BCUT2D eigenvalue weighted by atomic mass is 9.83. The van der Waals surface area contributed by atoms with Crippen molar-refractivity contribution in [1.82, 2.24) is 0 Å². The van der Waals surface area contributed by atoms with Gasteiger partial charge in [0.25, 0.3) is 0 Å². The van der Waals surface area contributed by atoms with Crippen molar-refractivity contribution in [3.8, 4) is 0 Å². The second kappa shape index (κ2) is 8.06. The first-order chi connectivity index (χ1) is 20.9. The third kappa shape index (κ3) is 2.67. The first-order valence-corrected chi connectivity index (χ1v) is 14.7. The fraction of sp³-hybridized carbons (Fsp3) is 0. The molecule has 0 radical (unpaired) electrons. The number of fused-ring (bicyclic) bond motifs is 21. The van der Waals surface area contributed by atoms with E-state index in [1.807, 2.05) is 0 Å². The highest BCUT2D eigenvalue weighted by Gasteiger charge is 2.23. The van der Waals surface area contributed by atoms with E-state index in [1.54, 1.807) is 0 Å². The standard InChI is InChI=1S/C42H24/c1-4-13-25-28-19-10-22-34(28)40-37(31(25)16-7-1)38-32-17-8-2-5-14-26(32)29-20-11-23-35(29)41(38)42-36-24-12-21-30(36)27-15-6-3-9-18-33(27)39(40)42/h1-24H. The Labute approximate surface area is 242 Å². The van der Waals surface area contributed by atoms with Crippen molar-refractivity contribution in [2.24, 2.45) is 0 Å². The Morgan fingerprint density at radius 2 is 0.310 bits per heavy atom. The molecule has 10 rings (SSSR count). The maximum Gasteiger partial charge on any atom is -0.000718 e. The Morgan fingerprint density at radius 3 is 0.548 bits per heavy atom. The molecule has 0 heteroatoms. The van der Waals surface area contributed by atoms with Crippen LogP contribution in [-0.2, 0) is 0 Å². The van der Waals surface area contributed by atoms with E-state index in [9.17, 15) is 0 Å². The van der Waals surface area contributed by atoms with E-state index in [0.717, 1.165) is 0 Å². The SMILES string of the molecule is c1ccc2c3cccc3c3c(c2cc1)c1c2cccccc2c2cccc2c1c1c2cccc2c2cccccc2c31. The van der Waals surface area contributed by atoms with Gasteiger partial charge >= 0.3 is 0 Å². The Hall–Kier alpha value is -5.46. The van der Waals surface area contributed by atoms with E-state index in [4.69, 9.17) is 0 Å². The normalized spacial score (nSPS) is 12.3. The van der Waals surface area contributed by atoms with Gasteiger partial charge in [-0.05, 0) is 97.0 Å². The molecule has 0 fully saturated rings. The van der Waals surface area contributed by atoms with Crippen molar-refractivity contribution in [2.45, 2.75) is 0 Å². The molecule has 0 saturated heterocycles. The van der Waals surface area contributed by atoms with E-state index in [0.29, 0.717) is 0 Å². The van der Waals surface area contributed by atoms with Gasteiger partial charge in [0, 0.05) is 0 Å². The molecule has 42 heavy (non-hydrogen) atoms. The molecule has 0 heterocycles. The minimum absolute atomic E-state index is 1.30. The lowest BCUT2D eigenvalue weighted by Crippen LogP contribution is -1.90. The summed E-state index contributed by atoms with van der Waals surface area (Å²) < 4.78 is 0. The van der Waals surface area contributed by atoms with Gasteiger partial charge in [0.1, 0.15) is 0 Å². The Kier molecular flexibility index (Phi) is 4.27. The molecule has 0 nitrogen and oxygen atoms in total. The van der Waals surface area contributed by atoms with Gasteiger partial charge < -0.3 is 0 Å². The third-order valence-electron chi connectivity index (χ3n) is 9.55. The monoisotopic (exact) mass is 528 g/mol. The average molecular weight is 529 g/mol. The zero-order valence-electron chi connectivity index (χ0n) is 22.9. The molecule has 0 saturated carbocycles. The minimum atomic E-state index is 1.30. The van der Waals surface area contributed by atoms with E-state index < -0.39 is 0 Å². The summed E-state index contributed by atoms with van der Waals surface area (Å²) in [7, 11) is 0. The fourth-order valence-electron chi connectivity index (χ4n) is 7.99. The van der Waals surface area contributed by atoms with Gasteiger partial charge in [-0.15, -0.1) is 0 Å². The van der Waals surface area contributed by atoms with Crippen LogP contribution < -0.4 is 0 Å². The molecule has 0 aromatic heterocycles. The number of benzene rings is 4. The van der Waals surface area contributed by atoms with Crippen molar-refractivity contribution in [3.63, 3.8) is 0 Å². The first kappa shape index (κ1) is 22.3. The summed E-state index contributed by atoms with van der Waals surface area (Å²) in [6.07, 6.45) is 0. The van der Waals surface area contributed by atoms with Crippen LogP contribution in [0.15, 0.2) is 146 Å². The Morgan fingerprint density at radius 1 is 0.143 bits per heavy atom. The van der Waals surface area contributed by atoms with Crippen LogP contribution in [0.25, 0.3) is 97.0 Å². The number of rotatable bonds is 0. The molecule has 0 bridgehead atoms. The van der Waals surface area contributed by atoms with E-state index >= 15 is 0 Å². The summed E-state index contributed by atoms with van der Waals surface area (Å²) >= 11 is 0. The van der Waals surface area contributed by atoms with Crippen LogP contribution in [0.5, 0.6) is 0 Å². The van der Waals surface area contributed by atoms with Crippen molar-refractivity contribution in [2.75, 3.05) is 0 Å². The molecule has 0 aliphatic heterocycles. The summed E-state index contributed by atoms with van der Waals surface area (Å²) in [5, 5.41) is 23.9. The van der Waals surface area contributed by atoms with Gasteiger partial charge in [0.15, 0.2) is 0 Å². The summed E-state index contributed by atoms with van der Waals surface area (Å²) in [6.45, 7) is 0. The minimum Gasteiger partial charge on any atom is -0.0622 e. The summed E-state index contributed by atoms with van der Waals surface area (Å²) in [6, 6.07) is 54.1. The van der Waals surface area contributed by atoms with Crippen molar-refractivity contribution < 1.29 is 0 Å². The van der Waals surface area contributed by atoms with E-state index in [2.05, 4.69) is 146 Å². The summed E-state index contributed by atoms with van der Waals surface area (Å²) in [5.41, 5.74) is 0. The second-order valence-electron chi connectivity index (χ2n) is 11.5. The molecule has 0 N–H and O–H groups in total. The van der Waals surface area contributed by atoms with Crippen LogP contribution in [-0.4, -0.2) is 0 Å². The maximum absolute atomic E-state index is 2.34. The van der Waals surface area contributed by atoms with Crippen LogP contribution in [0.2, 0.25) is 0 Å². The quantitative estimate of drug-likeness (QED) is 0.172. The number of hydrogen-bond donors (Lipinski definition) is 0. The van der Waals surface area contributed by atoms with Crippen molar-refractivity contribution >= 4 is 97.0 Å². The molecule has 0 spiro atoms. The number of hydrogen-bond acceptors (Lipinski definition) is 0. The molecule has 0 unspecified atom stereocenters. The molecule has 0 aliphatic rings. The van der Waals surface area contributed by atoms with Crippen LogP contribution in [0.1, 0.15) is 0 Å². The molecule has 10 aromatic carbocycles. The van der Waals surface area contributed by atoms with Crippen LogP contribution in [0.3, 0.4) is 0 Å². The van der Waals surface area contributed by atoms with Crippen LogP contribution >= 0.6 is 0 Å². The largest absolute Gasteiger partial charge is 0.0622 e. The second-order valence-corrected chi connectivity index (χ2v) is 11.5. The third-order valence-corrected chi connectivity index (χ3v) is 9.55. The van der Waals surface area contributed by atoms with Gasteiger partial charge in [-0.25, -0.2) is 0 Å². The lowest BCUT2D eigenvalue weighted by Gasteiger charge is -2.19. The molecule has 192 valence electrons. The van der Waals surface area contributed by atoms with Gasteiger partial charge in [0.05, 0.1) is 0 Å². The summed E-state index contributed by atoms with van der Waals surface area (Å²) in [5.74, 6) is 0. The lowest BCUT2D eigenvalue weighted by molar-refractivity contribution is 1.89. The van der Waals surface area contributed by atoms with Gasteiger partial charge in [0.2, 0.25) is 0 Å².